The molecule has 1 aromatic carbocycles. The summed E-state index contributed by atoms with van der Waals surface area (Å²) in [7, 11) is 0. The summed E-state index contributed by atoms with van der Waals surface area (Å²) < 4.78 is 19.4. The van der Waals surface area contributed by atoms with E-state index < -0.39 is 28.6 Å². The van der Waals surface area contributed by atoms with Crippen molar-refractivity contribution in [3.8, 4) is 0 Å². The van der Waals surface area contributed by atoms with Crippen LogP contribution in [0, 0.1) is 18.2 Å². The zero-order valence-corrected chi connectivity index (χ0v) is 13.8. The molecule has 0 unspecified atom stereocenters. The van der Waals surface area contributed by atoms with Crippen molar-refractivity contribution >= 4 is 11.9 Å². The molecule has 6 heteroatoms. The first-order valence-corrected chi connectivity index (χ1v) is 7.59. The van der Waals surface area contributed by atoms with Crippen molar-refractivity contribution in [2.75, 3.05) is 6.61 Å². The third-order valence-electron chi connectivity index (χ3n) is 4.82. The fourth-order valence-corrected chi connectivity index (χ4v) is 3.11. The van der Waals surface area contributed by atoms with Crippen LogP contribution in [0.4, 0.5) is 4.39 Å². The molecular formula is C17H22FNO4. The Morgan fingerprint density at radius 3 is 2.61 bits per heavy atom. The molecule has 2 atom stereocenters. The fourth-order valence-electron chi connectivity index (χ4n) is 3.11. The molecule has 1 aromatic rings. The van der Waals surface area contributed by atoms with Gasteiger partial charge < -0.3 is 15.2 Å². The van der Waals surface area contributed by atoms with Gasteiger partial charge in [0.2, 0.25) is 0 Å². The van der Waals surface area contributed by atoms with Crippen molar-refractivity contribution in [3.05, 3.63) is 35.1 Å². The second-order valence-electron chi connectivity index (χ2n) is 6.52. The Balaban J connectivity index is 2.30. The highest BCUT2D eigenvalue weighted by atomic mass is 19.1. The fraction of sp³-hybridized carbons (Fsp3) is 0.529. The van der Waals surface area contributed by atoms with E-state index in [2.05, 4.69) is 5.32 Å². The average molecular weight is 323 g/mol. The standard InChI is InChI=1S/C17H22FNO4/c1-5-23-13-9-17(15(21)22,16(13,3)4)19-14(20)11-8-10(2)6-7-12(11)18/h6-8,13H,5,9H2,1-4H3,(H,19,20)(H,21,22)/t13-,17-/m1/s1. The van der Waals surface area contributed by atoms with Crippen molar-refractivity contribution in [3.63, 3.8) is 0 Å². The molecule has 1 fully saturated rings. The molecule has 5 nitrogen and oxygen atoms in total. The number of hydrogen-bond donors (Lipinski definition) is 2. The van der Waals surface area contributed by atoms with E-state index in [0.29, 0.717) is 6.61 Å². The lowest BCUT2D eigenvalue weighted by Crippen LogP contribution is -2.76. The van der Waals surface area contributed by atoms with Crippen LogP contribution >= 0.6 is 0 Å². The van der Waals surface area contributed by atoms with E-state index in [9.17, 15) is 19.1 Å². The minimum absolute atomic E-state index is 0.152. The number of carboxylic acids is 1. The average Bonchev–Trinajstić information content (AvgIpc) is 2.47. The number of aryl methyl sites for hydroxylation is 1. The molecule has 1 aliphatic carbocycles. The number of carbonyl (C=O) groups is 2. The van der Waals surface area contributed by atoms with Crippen molar-refractivity contribution in [1.29, 1.82) is 0 Å². The van der Waals surface area contributed by atoms with Crippen molar-refractivity contribution in [2.45, 2.75) is 45.8 Å². The number of carbonyl (C=O) groups excluding carboxylic acids is 1. The van der Waals surface area contributed by atoms with Crippen LogP contribution in [0.25, 0.3) is 0 Å². The van der Waals surface area contributed by atoms with Crippen molar-refractivity contribution in [2.24, 2.45) is 5.41 Å². The van der Waals surface area contributed by atoms with Crippen LogP contribution in [-0.2, 0) is 9.53 Å². The van der Waals surface area contributed by atoms with Gasteiger partial charge in [0, 0.05) is 18.4 Å². The lowest BCUT2D eigenvalue weighted by atomic mass is 9.54. The van der Waals surface area contributed by atoms with E-state index in [1.807, 2.05) is 6.92 Å². The molecule has 2 N–H and O–H groups in total. The van der Waals surface area contributed by atoms with Gasteiger partial charge in [-0.3, -0.25) is 4.79 Å². The molecule has 0 saturated heterocycles. The lowest BCUT2D eigenvalue weighted by molar-refractivity contribution is -0.190. The van der Waals surface area contributed by atoms with Gasteiger partial charge in [0.05, 0.1) is 11.7 Å². The number of benzene rings is 1. The topological polar surface area (TPSA) is 75.6 Å². The quantitative estimate of drug-likeness (QED) is 0.873. The van der Waals surface area contributed by atoms with Crippen LogP contribution in [0.3, 0.4) is 0 Å². The maximum Gasteiger partial charge on any atom is 0.330 e. The third-order valence-corrected chi connectivity index (χ3v) is 4.82. The van der Waals surface area contributed by atoms with Gasteiger partial charge in [-0.1, -0.05) is 25.5 Å². The number of ether oxygens (including phenoxy) is 1. The summed E-state index contributed by atoms with van der Waals surface area (Å²) in [6.07, 6.45) is -0.117. The molecule has 0 aromatic heterocycles. The van der Waals surface area contributed by atoms with Gasteiger partial charge in [0.1, 0.15) is 11.4 Å². The summed E-state index contributed by atoms with van der Waals surface area (Å²) >= 11 is 0. The molecular weight excluding hydrogens is 301 g/mol. The van der Waals surface area contributed by atoms with Crippen LogP contribution in [0.15, 0.2) is 18.2 Å². The molecule has 0 radical (unpaired) electrons. The number of nitrogens with one attached hydrogen (secondary N) is 1. The molecule has 23 heavy (non-hydrogen) atoms. The Hall–Kier alpha value is -1.95. The van der Waals surface area contributed by atoms with Crippen LogP contribution in [0.5, 0.6) is 0 Å². The zero-order chi connectivity index (χ0) is 17.4. The monoisotopic (exact) mass is 323 g/mol. The van der Waals surface area contributed by atoms with Gasteiger partial charge in [-0.15, -0.1) is 0 Å². The minimum Gasteiger partial charge on any atom is -0.479 e. The Kier molecular flexibility index (Phi) is 4.48. The Labute approximate surface area is 134 Å². The lowest BCUT2D eigenvalue weighted by Gasteiger charge is -2.58. The molecule has 0 spiro atoms. The van der Waals surface area contributed by atoms with Crippen LogP contribution < -0.4 is 5.32 Å². The highest BCUT2D eigenvalue weighted by Gasteiger charge is 2.66. The maximum atomic E-state index is 13.9. The molecule has 1 saturated carbocycles. The van der Waals surface area contributed by atoms with Crippen LogP contribution in [0.1, 0.15) is 43.1 Å². The maximum absolute atomic E-state index is 13.9. The van der Waals surface area contributed by atoms with Gasteiger partial charge in [-0.25, -0.2) is 9.18 Å². The van der Waals surface area contributed by atoms with Crippen LogP contribution in [0.2, 0.25) is 0 Å². The van der Waals surface area contributed by atoms with E-state index in [4.69, 9.17) is 4.74 Å². The number of rotatable bonds is 5. The Morgan fingerprint density at radius 1 is 1.43 bits per heavy atom. The SMILES string of the molecule is CCO[C@@H]1C[C@@](NC(=O)c2cc(C)ccc2F)(C(=O)O)C1(C)C. The molecule has 0 bridgehead atoms. The van der Waals surface area contributed by atoms with Crippen LogP contribution in [-0.4, -0.2) is 35.2 Å². The van der Waals surface area contributed by atoms with Gasteiger partial charge in [0.15, 0.2) is 0 Å². The summed E-state index contributed by atoms with van der Waals surface area (Å²) in [5.74, 6) is -2.54. The van der Waals surface area contributed by atoms with Crippen molar-refractivity contribution in [1.82, 2.24) is 5.32 Å². The largest absolute Gasteiger partial charge is 0.479 e. The predicted molar refractivity (Wildman–Crippen MR) is 82.8 cm³/mol. The zero-order valence-electron chi connectivity index (χ0n) is 13.8. The predicted octanol–water partition coefficient (Wildman–Crippen LogP) is 2.52. The first-order valence-electron chi connectivity index (χ1n) is 7.59. The Morgan fingerprint density at radius 2 is 2.09 bits per heavy atom. The minimum atomic E-state index is -1.47. The Bertz CT molecular complexity index is 643. The van der Waals surface area contributed by atoms with E-state index in [1.54, 1.807) is 26.8 Å². The summed E-state index contributed by atoms with van der Waals surface area (Å²) in [4.78, 5) is 24.3. The molecule has 1 amide bonds. The number of amides is 1. The summed E-state index contributed by atoms with van der Waals surface area (Å²) in [6, 6.07) is 4.16. The van der Waals surface area contributed by atoms with E-state index in [-0.39, 0.29) is 18.1 Å². The van der Waals surface area contributed by atoms with Gasteiger partial charge in [-0.05, 0) is 26.0 Å². The summed E-state index contributed by atoms with van der Waals surface area (Å²) in [6.45, 7) is 7.50. The van der Waals surface area contributed by atoms with E-state index in [1.165, 1.54) is 12.1 Å². The van der Waals surface area contributed by atoms with E-state index in [0.717, 1.165) is 5.56 Å². The van der Waals surface area contributed by atoms with Gasteiger partial charge >= 0.3 is 5.97 Å². The first kappa shape index (κ1) is 17.4. The van der Waals surface area contributed by atoms with E-state index >= 15 is 0 Å². The normalized spacial score (nSPS) is 25.5. The molecule has 0 aliphatic heterocycles. The number of aliphatic carboxylic acids is 1. The highest BCUT2D eigenvalue weighted by molar-refractivity contribution is 5.99. The van der Waals surface area contributed by atoms with Crippen molar-refractivity contribution < 1.29 is 23.8 Å². The number of carboxylic acid groups (broad SMARTS) is 1. The second kappa shape index (κ2) is 5.92. The number of halogens is 1. The third kappa shape index (κ3) is 2.72. The first-order chi connectivity index (χ1) is 10.7. The highest BCUT2D eigenvalue weighted by Crippen LogP contribution is 2.51. The summed E-state index contributed by atoms with van der Waals surface area (Å²) in [5, 5.41) is 12.2. The summed E-state index contributed by atoms with van der Waals surface area (Å²) in [5.41, 5.74) is -1.70. The molecule has 2 rings (SSSR count). The second-order valence-corrected chi connectivity index (χ2v) is 6.52. The molecule has 126 valence electrons. The van der Waals surface area contributed by atoms with Gasteiger partial charge in [0.25, 0.3) is 5.91 Å². The molecule has 1 aliphatic rings. The van der Waals surface area contributed by atoms with Gasteiger partial charge in [-0.2, -0.15) is 0 Å². The molecule has 0 heterocycles. The number of hydrogen-bond acceptors (Lipinski definition) is 3. The smallest absolute Gasteiger partial charge is 0.330 e.